The summed E-state index contributed by atoms with van der Waals surface area (Å²) in [4.78, 5) is 38.1. The van der Waals surface area contributed by atoms with Gasteiger partial charge in [-0.25, -0.2) is 9.97 Å². The van der Waals surface area contributed by atoms with Crippen molar-refractivity contribution in [2.24, 2.45) is 5.73 Å². The zero-order valence-corrected chi connectivity index (χ0v) is 17.8. The predicted molar refractivity (Wildman–Crippen MR) is 122 cm³/mol. The summed E-state index contributed by atoms with van der Waals surface area (Å²) >= 11 is 1.29. The number of amides is 2. The zero-order chi connectivity index (χ0) is 21.6. The van der Waals surface area contributed by atoms with E-state index in [1.807, 2.05) is 59.5 Å². The molecule has 8 heteroatoms. The Kier molecular flexibility index (Phi) is 6.47. The lowest BCUT2D eigenvalue weighted by Gasteiger charge is -2.35. The molecule has 0 spiro atoms. The van der Waals surface area contributed by atoms with Crippen LogP contribution in [0.1, 0.15) is 10.4 Å². The van der Waals surface area contributed by atoms with Crippen molar-refractivity contribution in [3.05, 3.63) is 72.4 Å². The zero-order valence-electron chi connectivity index (χ0n) is 17.0. The Morgan fingerprint density at radius 2 is 1.65 bits per heavy atom. The Bertz CT molecular complexity index is 1070. The molecule has 0 bridgehead atoms. The minimum atomic E-state index is -0.402. The number of piperazine rings is 1. The van der Waals surface area contributed by atoms with E-state index in [-0.39, 0.29) is 11.7 Å². The lowest BCUT2D eigenvalue weighted by atomic mass is 10.1. The minimum Gasteiger partial charge on any atom is -0.369 e. The van der Waals surface area contributed by atoms with Gasteiger partial charge in [0.25, 0.3) is 5.91 Å². The van der Waals surface area contributed by atoms with E-state index >= 15 is 0 Å². The summed E-state index contributed by atoms with van der Waals surface area (Å²) in [5.74, 6) is 1.27. The van der Waals surface area contributed by atoms with E-state index in [4.69, 9.17) is 10.7 Å². The number of carbonyl (C=O) groups excluding carboxylic acids is 2. The van der Waals surface area contributed by atoms with Crippen molar-refractivity contribution in [1.29, 1.82) is 0 Å². The van der Waals surface area contributed by atoms with Crippen LogP contribution in [0, 0.1) is 0 Å². The Morgan fingerprint density at radius 3 is 2.39 bits per heavy atom. The number of hydrogen-bond donors (Lipinski definition) is 1. The van der Waals surface area contributed by atoms with Gasteiger partial charge >= 0.3 is 0 Å². The molecule has 1 saturated heterocycles. The largest absolute Gasteiger partial charge is 0.369 e. The van der Waals surface area contributed by atoms with E-state index < -0.39 is 5.91 Å². The summed E-state index contributed by atoms with van der Waals surface area (Å²) < 4.78 is 0. The molecule has 1 aliphatic heterocycles. The molecular weight excluding hydrogens is 410 g/mol. The monoisotopic (exact) mass is 433 g/mol. The van der Waals surface area contributed by atoms with Crippen molar-refractivity contribution < 1.29 is 9.59 Å². The van der Waals surface area contributed by atoms with E-state index in [1.54, 1.807) is 12.3 Å². The normalized spacial score (nSPS) is 13.8. The summed E-state index contributed by atoms with van der Waals surface area (Å²) in [5, 5.41) is 0. The molecule has 1 fully saturated rings. The van der Waals surface area contributed by atoms with Crippen LogP contribution in [0.3, 0.4) is 0 Å². The Morgan fingerprint density at radius 1 is 0.935 bits per heavy atom. The smallest absolute Gasteiger partial charge is 0.255 e. The average Bonchev–Trinajstić information content (AvgIpc) is 2.83. The molecule has 0 atom stereocenters. The first-order valence-corrected chi connectivity index (χ1v) is 11.0. The lowest BCUT2D eigenvalue weighted by molar-refractivity contribution is -0.115. The maximum Gasteiger partial charge on any atom is 0.255 e. The molecule has 2 aromatic carbocycles. The quantitative estimate of drug-likeness (QED) is 0.601. The van der Waals surface area contributed by atoms with Gasteiger partial charge < -0.3 is 15.5 Å². The summed E-state index contributed by atoms with van der Waals surface area (Å²) in [5.41, 5.74) is 6.84. The van der Waals surface area contributed by atoms with Gasteiger partial charge in [0.2, 0.25) is 5.91 Å². The molecular formula is C23H23N5O2S. The molecule has 2 amide bonds. The molecule has 0 radical (unpaired) electrons. The second-order valence-corrected chi connectivity index (χ2v) is 8.15. The highest BCUT2D eigenvalue weighted by molar-refractivity contribution is 8.00. The van der Waals surface area contributed by atoms with Gasteiger partial charge in [0, 0.05) is 42.8 Å². The fourth-order valence-electron chi connectivity index (χ4n) is 3.48. The number of nitrogens with zero attached hydrogens (tertiary/aromatic N) is 4. The highest BCUT2D eigenvalue weighted by atomic mass is 32.2. The van der Waals surface area contributed by atoms with Crippen molar-refractivity contribution in [2.75, 3.05) is 36.8 Å². The van der Waals surface area contributed by atoms with Crippen LogP contribution in [0.25, 0.3) is 11.4 Å². The summed E-state index contributed by atoms with van der Waals surface area (Å²) in [7, 11) is 0. The van der Waals surface area contributed by atoms with Crippen LogP contribution in [0.5, 0.6) is 0 Å². The molecule has 31 heavy (non-hydrogen) atoms. The first-order valence-electron chi connectivity index (χ1n) is 10.0. The number of nitrogens with two attached hydrogens (primary N) is 1. The van der Waals surface area contributed by atoms with Crippen LogP contribution in [-0.2, 0) is 4.79 Å². The van der Waals surface area contributed by atoms with Crippen LogP contribution >= 0.6 is 11.8 Å². The van der Waals surface area contributed by atoms with Gasteiger partial charge in [-0.2, -0.15) is 0 Å². The lowest BCUT2D eigenvalue weighted by Crippen LogP contribution is -2.49. The van der Waals surface area contributed by atoms with Gasteiger partial charge in [-0.15, -0.1) is 11.8 Å². The van der Waals surface area contributed by atoms with Crippen molar-refractivity contribution in [3.8, 4) is 11.4 Å². The molecule has 2 N–H and O–H groups in total. The number of anilines is 1. The van der Waals surface area contributed by atoms with Crippen LogP contribution in [0.2, 0.25) is 0 Å². The Labute approximate surface area is 185 Å². The molecule has 7 nitrogen and oxygen atoms in total. The first kappa shape index (κ1) is 20.9. The minimum absolute atomic E-state index is 0.0279. The maximum absolute atomic E-state index is 13.1. The summed E-state index contributed by atoms with van der Waals surface area (Å²) in [6.45, 7) is 2.57. The Hall–Kier alpha value is -3.39. The van der Waals surface area contributed by atoms with Crippen LogP contribution in [0.15, 0.2) is 71.8 Å². The fraction of sp³-hybridized carbons (Fsp3) is 0.217. The molecule has 1 aromatic heterocycles. The molecule has 0 aliphatic carbocycles. The van der Waals surface area contributed by atoms with Gasteiger partial charge in [-0.3, -0.25) is 9.59 Å². The number of hydrogen-bond acceptors (Lipinski definition) is 6. The van der Waals surface area contributed by atoms with Gasteiger partial charge in [0.15, 0.2) is 5.82 Å². The van der Waals surface area contributed by atoms with Gasteiger partial charge in [0.1, 0.15) is 5.82 Å². The van der Waals surface area contributed by atoms with Gasteiger partial charge in [-0.1, -0.05) is 42.5 Å². The number of aromatic nitrogens is 2. The molecule has 4 rings (SSSR count). The molecule has 0 saturated carbocycles. The average molecular weight is 434 g/mol. The van der Waals surface area contributed by atoms with E-state index in [0.717, 1.165) is 16.3 Å². The summed E-state index contributed by atoms with van der Waals surface area (Å²) in [6.07, 6.45) is 1.77. The SMILES string of the molecule is NC(=O)CSc1ccccc1C(=O)N1CCN(c2ccnc(-c3ccccc3)n2)CC1. The first-order chi connectivity index (χ1) is 15.1. The van der Waals surface area contributed by atoms with Gasteiger partial charge in [-0.05, 0) is 18.2 Å². The second kappa shape index (κ2) is 9.61. The molecule has 0 unspecified atom stereocenters. The van der Waals surface area contributed by atoms with E-state index in [2.05, 4.69) is 9.88 Å². The third kappa shape index (κ3) is 5.03. The predicted octanol–water partition coefficient (Wildman–Crippen LogP) is 2.68. The van der Waals surface area contributed by atoms with E-state index in [0.29, 0.717) is 37.6 Å². The highest BCUT2D eigenvalue weighted by Crippen LogP contribution is 2.25. The van der Waals surface area contributed by atoms with Crippen LogP contribution < -0.4 is 10.6 Å². The molecule has 1 aliphatic rings. The van der Waals surface area contributed by atoms with E-state index in [9.17, 15) is 9.59 Å². The number of benzene rings is 2. The summed E-state index contributed by atoms with van der Waals surface area (Å²) in [6, 6.07) is 19.1. The molecule has 158 valence electrons. The van der Waals surface area contributed by atoms with Crippen molar-refractivity contribution >= 4 is 29.4 Å². The number of thioether (sulfide) groups is 1. The standard InChI is InChI=1S/C23H23N5O2S/c24-20(29)16-31-19-9-5-4-8-18(19)23(30)28-14-12-27(13-15-28)21-10-11-25-22(26-21)17-6-2-1-3-7-17/h1-11H,12-16H2,(H2,24,29). The van der Waals surface area contributed by atoms with Crippen molar-refractivity contribution in [3.63, 3.8) is 0 Å². The van der Waals surface area contributed by atoms with Crippen molar-refractivity contribution in [2.45, 2.75) is 4.90 Å². The van der Waals surface area contributed by atoms with Crippen molar-refractivity contribution in [1.82, 2.24) is 14.9 Å². The fourth-order valence-corrected chi connectivity index (χ4v) is 4.26. The van der Waals surface area contributed by atoms with E-state index in [1.165, 1.54) is 11.8 Å². The Balaban J connectivity index is 1.43. The molecule has 2 heterocycles. The molecule has 3 aromatic rings. The number of rotatable bonds is 6. The third-order valence-corrected chi connectivity index (χ3v) is 6.15. The second-order valence-electron chi connectivity index (χ2n) is 7.13. The number of carbonyl (C=O) groups is 2. The highest BCUT2D eigenvalue weighted by Gasteiger charge is 2.24. The van der Waals surface area contributed by atoms with Gasteiger partial charge in [0.05, 0.1) is 11.3 Å². The number of primary amides is 1. The van der Waals surface area contributed by atoms with Crippen LogP contribution in [-0.4, -0.2) is 58.6 Å². The maximum atomic E-state index is 13.1. The topological polar surface area (TPSA) is 92.4 Å². The van der Waals surface area contributed by atoms with Crippen LogP contribution in [0.4, 0.5) is 5.82 Å². The third-order valence-electron chi connectivity index (χ3n) is 5.05.